The Bertz CT molecular complexity index is 609. The summed E-state index contributed by atoms with van der Waals surface area (Å²) in [5, 5.41) is 0. The van der Waals surface area contributed by atoms with Gasteiger partial charge in [0.1, 0.15) is 12.4 Å². The van der Waals surface area contributed by atoms with E-state index in [-0.39, 0.29) is 19.1 Å². The van der Waals surface area contributed by atoms with Crippen LogP contribution in [0, 0.1) is 0 Å². The average Bonchev–Trinajstić information content (AvgIpc) is 3.10. The van der Waals surface area contributed by atoms with Gasteiger partial charge in [-0.3, -0.25) is 4.79 Å². The van der Waals surface area contributed by atoms with Gasteiger partial charge in [-0.2, -0.15) is 0 Å². The van der Waals surface area contributed by atoms with Crippen molar-refractivity contribution in [2.75, 3.05) is 19.7 Å². The van der Waals surface area contributed by atoms with Crippen molar-refractivity contribution in [3.05, 3.63) is 41.2 Å². The van der Waals surface area contributed by atoms with Gasteiger partial charge in [0.15, 0.2) is 0 Å². The van der Waals surface area contributed by atoms with Crippen LogP contribution < -0.4 is 10.5 Å². The molecule has 1 fully saturated rings. The number of ether oxygens (including phenoxy) is 1. The summed E-state index contributed by atoms with van der Waals surface area (Å²) in [6.45, 7) is 1.04. The number of nitrogens with zero attached hydrogens (tertiary/aromatic N) is 1. The molecule has 1 aliphatic carbocycles. The van der Waals surface area contributed by atoms with Crippen LogP contribution in [0.3, 0.4) is 0 Å². The lowest BCUT2D eigenvalue weighted by Gasteiger charge is -2.33. The number of fused-ring (bicyclic) bond motifs is 1. The second-order valence-electron chi connectivity index (χ2n) is 6.27. The van der Waals surface area contributed by atoms with Crippen molar-refractivity contribution in [3.63, 3.8) is 0 Å². The lowest BCUT2D eigenvalue weighted by atomic mass is 9.97. The number of halogens is 1. The van der Waals surface area contributed by atoms with Gasteiger partial charge in [-0.25, -0.2) is 4.39 Å². The molecule has 0 spiro atoms. The Kier molecular flexibility index (Phi) is 4.96. The van der Waals surface area contributed by atoms with Crippen LogP contribution in [-0.4, -0.2) is 36.5 Å². The summed E-state index contributed by atoms with van der Waals surface area (Å²) in [6.07, 6.45) is 6.03. The molecule has 0 radical (unpaired) electrons. The Labute approximate surface area is 136 Å². The molecular formula is C18H23FN2O2. The first-order chi connectivity index (χ1) is 11.2. The maximum Gasteiger partial charge on any atom is 0.254 e. The van der Waals surface area contributed by atoms with Crippen molar-refractivity contribution in [2.45, 2.75) is 38.1 Å². The van der Waals surface area contributed by atoms with Crippen molar-refractivity contribution >= 4 is 5.91 Å². The molecule has 0 atom stereocenters. The molecule has 1 amide bonds. The highest BCUT2D eigenvalue weighted by Crippen LogP contribution is 2.30. The van der Waals surface area contributed by atoms with E-state index in [9.17, 15) is 9.18 Å². The lowest BCUT2D eigenvalue weighted by Crippen LogP contribution is -2.43. The SMILES string of the molecule is NC/C(=C/F)COc1ccc2c(c1)CCN(C1CCCC1)C2=O. The largest absolute Gasteiger partial charge is 0.489 e. The molecule has 0 bridgehead atoms. The average molecular weight is 318 g/mol. The van der Waals surface area contributed by atoms with Crippen molar-refractivity contribution < 1.29 is 13.9 Å². The molecule has 2 N–H and O–H groups in total. The molecule has 1 heterocycles. The van der Waals surface area contributed by atoms with E-state index >= 15 is 0 Å². The first-order valence-corrected chi connectivity index (χ1v) is 8.28. The predicted octanol–water partition coefficient (Wildman–Crippen LogP) is 2.82. The zero-order chi connectivity index (χ0) is 16.2. The van der Waals surface area contributed by atoms with E-state index in [2.05, 4.69) is 0 Å². The summed E-state index contributed by atoms with van der Waals surface area (Å²) >= 11 is 0. The Morgan fingerprint density at radius 3 is 2.87 bits per heavy atom. The fourth-order valence-electron chi connectivity index (χ4n) is 3.45. The Morgan fingerprint density at radius 2 is 2.17 bits per heavy atom. The van der Waals surface area contributed by atoms with Crippen LogP contribution in [0.15, 0.2) is 30.1 Å². The third-order valence-corrected chi connectivity index (χ3v) is 4.80. The number of hydrogen-bond donors (Lipinski definition) is 1. The topological polar surface area (TPSA) is 55.6 Å². The quantitative estimate of drug-likeness (QED) is 0.908. The number of benzene rings is 1. The van der Waals surface area contributed by atoms with E-state index in [1.807, 2.05) is 17.0 Å². The smallest absolute Gasteiger partial charge is 0.254 e. The standard InChI is InChI=1S/C18H23FN2O2/c19-10-13(11-20)12-23-16-5-6-17-14(9-16)7-8-21(18(17)22)15-3-1-2-4-15/h5-6,9-10,15H,1-4,7-8,11-12,20H2/b13-10-. The number of rotatable bonds is 5. The third kappa shape index (κ3) is 3.39. The molecule has 3 rings (SSSR count). The van der Waals surface area contributed by atoms with Gasteiger partial charge in [0.2, 0.25) is 0 Å². The molecule has 1 saturated carbocycles. The second kappa shape index (κ2) is 7.13. The molecular weight excluding hydrogens is 295 g/mol. The van der Waals surface area contributed by atoms with E-state index in [1.54, 1.807) is 6.07 Å². The highest BCUT2D eigenvalue weighted by Gasteiger charge is 2.31. The predicted molar refractivity (Wildman–Crippen MR) is 87.2 cm³/mol. The first kappa shape index (κ1) is 16.0. The van der Waals surface area contributed by atoms with Crippen LogP contribution in [0.25, 0.3) is 0 Å². The second-order valence-corrected chi connectivity index (χ2v) is 6.27. The van der Waals surface area contributed by atoms with Gasteiger partial charge < -0.3 is 15.4 Å². The summed E-state index contributed by atoms with van der Waals surface area (Å²) in [7, 11) is 0. The minimum Gasteiger partial charge on any atom is -0.489 e. The summed E-state index contributed by atoms with van der Waals surface area (Å²) in [5.41, 5.74) is 7.61. The van der Waals surface area contributed by atoms with Crippen molar-refractivity contribution in [3.8, 4) is 5.75 Å². The van der Waals surface area contributed by atoms with Crippen molar-refractivity contribution in [1.82, 2.24) is 4.90 Å². The summed E-state index contributed by atoms with van der Waals surface area (Å²) in [6, 6.07) is 5.91. The summed E-state index contributed by atoms with van der Waals surface area (Å²) < 4.78 is 18.1. The van der Waals surface area contributed by atoms with Gasteiger partial charge in [-0.15, -0.1) is 0 Å². The number of hydrogen-bond acceptors (Lipinski definition) is 3. The number of carbonyl (C=O) groups is 1. The Morgan fingerprint density at radius 1 is 1.39 bits per heavy atom. The van der Waals surface area contributed by atoms with E-state index in [0.717, 1.165) is 36.9 Å². The molecule has 5 heteroatoms. The number of nitrogens with two attached hydrogens (primary N) is 1. The normalized spacial score (nSPS) is 19.1. The van der Waals surface area contributed by atoms with Crippen LogP contribution in [0.1, 0.15) is 41.6 Å². The number of amides is 1. The molecule has 1 aliphatic heterocycles. The highest BCUT2D eigenvalue weighted by atomic mass is 19.1. The molecule has 0 aromatic heterocycles. The molecule has 1 aromatic carbocycles. The molecule has 4 nitrogen and oxygen atoms in total. The van der Waals surface area contributed by atoms with Gasteiger partial charge >= 0.3 is 0 Å². The lowest BCUT2D eigenvalue weighted by molar-refractivity contribution is 0.0663. The summed E-state index contributed by atoms with van der Waals surface area (Å²) in [4.78, 5) is 14.7. The Balaban J connectivity index is 1.71. The van der Waals surface area contributed by atoms with Gasteiger partial charge in [0.05, 0.1) is 6.33 Å². The third-order valence-electron chi connectivity index (χ3n) is 4.80. The van der Waals surface area contributed by atoms with Gasteiger partial charge in [-0.1, -0.05) is 12.8 Å². The minimum atomic E-state index is 0.133. The monoisotopic (exact) mass is 318 g/mol. The molecule has 124 valence electrons. The minimum absolute atomic E-state index is 0.133. The molecule has 2 aliphatic rings. The van der Waals surface area contributed by atoms with E-state index in [1.165, 1.54) is 12.8 Å². The zero-order valence-electron chi connectivity index (χ0n) is 13.3. The maximum absolute atomic E-state index is 12.7. The van der Waals surface area contributed by atoms with E-state index < -0.39 is 0 Å². The molecule has 0 saturated heterocycles. The Hall–Kier alpha value is -1.88. The van der Waals surface area contributed by atoms with Crippen molar-refractivity contribution in [2.24, 2.45) is 5.73 Å². The van der Waals surface area contributed by atoms with E-state index in [0.29, 0.717) is 23.7 Å². The molecule has 0 unspecified atom stereocenters. The van der Waals surface area contributed by atoms with Crippen molar-refractivity contribution in [1.29, 1.82) is 0 Å². The van der Waals surface area contributed by atoms with Crippen LogP contribution >= 0.6 is 0 Å². The van der Waals surface area contributed by atoms with E-state index in [4.69, 9.17) is 10.5 Å². The molecule has 1 aromatic rings. The maximum atomic E-state index is 12.7. The van der Waals surface area contributed by atoms with Gasteiger partial charge in [0.25, 0.3) is 5.91 Å². The summed E-state index contributed by atoms with van der Waals surface area (Å²) in [5.74, 6) is 0.787. The van der Waals surface area contributed by atoms with Crippen LogP contribution in [0.4, 0.5) is 4.39 Å². The molecule has 23 heavy (non-hydrogen) atoms. The van der Waals surface area contributed by atoms with Crippen LogP contribution in [0.2, 0.25) is 0 Å². The fourth-order valence-corrected chi connectivity index (χ4v) is 3.45. The number of carbonyl (C=O) groups excluding carboxylic acids is 1. The van der Waals surface area contributed by atoms with Gasteiger partial charge in [-0.05, 0) is 43.0 Å². The fraction of sp³-hybridized carbons (Fsp3) is 0.500. The highest BCUT2D eigenvalue weighted by molar-refractivity contribution is 5.97. The van der Waals surface area contributed by atoms with Gasteiger partial charge in [0, 0.05) is 30.3 Å². The first-order valence-electron chi connectivity index (χ1n) is 8.28. The van der Waals surface area contributed by atoms with Crippen LogP contribution in [-0.2, 0) is 6.42 Å². The zero-order valence-corrected chi connectivity index (χ0v) is 13.3. The van der Waals surface area contributed by atoms with Crippen LogP contribution in [0.5, 0.6) is 5.75 Å².